The predicted octanol–water partition coefficient (Wildman–Crippen LogP) is 1.20. The highest BCUT2D eigenvalue weighted by molar-refractivity contribution is 7.30. The smallest absolute Gasteiger partial charge is 0.351 e. The Morgan fingerprint density at radius 2 is 1.00 bits per heavy atom. The van der Waals surface area contributed by atoms with E-state index in [1.807, 2.05) is 27.7 Å². The summed E-state index contributed by atoms with van der Waals surface area (Å²) in [6.07, 6.45) is 0. The van der Waals surface area contributed by atoms with E-state index in [9.17, 15) is 0 Å². The molecule has 0 fully saturated rings. The third-order valence-electron chi connectivity index (χ3n) is 1.28. The summed E-state index contributed by atoms with van der Waals surface area (Å²) >= 11 is 0. The molecular formula is C8H22O7PSi+. The minimum Gasteiger partial charge on any atom is -0.351 e. The van der Waals surface area contributed by atoms with Gasteiger partial charge in [0.2, 0.25) is 0 Å². The SMILES string of the molecule is CCO[Si](OCC)(OCC)OCC.O=[P+](O)O. The second-order valence-electron chi connectivity index (χ2n) is 2.48. The molecule has 0 aliphatic heterocycles. The summed E-state index contributed by atoms with van der Waals surface area (Å²) < 4.78 is 30.4. The molecule has 0 spiro atoms. The second kappa shape index (κ2) is 12.5. The molecule has 9 heteroatoms. The van der Waals surface area contributed by atoms with Crippen molar-refractivity contribution in [1.82, 2.24) is 0 Å². The summed E-state index contributed by atoms with van der Waals surface area (Å²) in [6, 6.07) is 0. The van der Waals surface area contributed by atoms with Gasteiger partial charge in [-0.1, -0.05) is 0 Å². The lowest BCUT2D eigenvalue weighted by Crippen LogP contribution is -2.49. The van der Waals surface area contributed by atoms with Gasteiger partial charge in [-0.2, -0.15) is 0 Å². The van der Waals surface area contributed by atoms with Crippen LogP contribution in [0.1, 0.15) is 27.7 Å². The van der Waals surface area contributed by atoms with E-state index in [1.165, 1.54) is 0 Å². The number of hydrogen-bond acceptors (Lipinski definition) is 5. The fourth-order valence-corrected chi connectivity index (χ4v) is 2.87. The quantitative estimate of drug-likeness (QED) is 0.512. The van der Waals surface area contributed by atoms with Crippen LogP contribution in [0.4, 0.5) is 0 Å². The van der Waals surface area contributed by atoms with Gasteiger partial charge in [-0.3, -0.25) is 0 Å². The molecule has 0 aromatic rings. The van der Waals surface area contributed by atoms with E-state index in [4.69, 9.17) is 32.1 Å². The summed E-state index contributed by atoms with van der Waals surface area (Å²) in [5.74, 6) is 0. The van der Waals surface area contributed by atoms with Crippen molar-refractivity contribution in [2.24, 2.45) is 0 Å². The Bertz CT molecular complexity index is 159. The third kappa shape index (κ3) is 12.3. The molecule has 0 saturated heterocycles. The molecule has 17 heavy (non-hydrogen) atoms. The average molecular weight is 289 g/mol. The monoisotopic (exact) mass is 289 g/mol. The van der Waals surface area contributed by atoms with Gasteiger partial charge in [-0.15, -0.1) is 9.79 Å². The van der Waals surface area contributed by atoms with Crippen molar-refractivity contribution < 1.29 is 32.1 Å². The number of rotatable bonds is 8. The maximum Gasteiger partial charge on any atom is 0.692 e. The van der Waals surface area contributed by atoms with Crippen LogP contribution >= 0.6 is 8.25 Å². The third-order valence-corrected chi connectivity index (χ3v) is 3.85. The lowest BCUT2D eigenvalue weighted by atomic mass is 10.9. The molecule has 0 amide bonds. The van der Waals surface area contributed by atoms with Crippen LogP contribution in [0.3, 0.4) is 0 Å². The Morgan fingerprint density at radius 3 is 1.12 bits per heavy atom. The fourth-order valence-electron chi connectivity index (χ4n) is 0.957. The Kier molecular flexibility index (Phi) is 14.3. The van der Waals surface area contributed by atoms with Crippen molar-refractivity contribution in [3.05, 3.63) is 0 Å². The van der Waals surface area contributed by atoms with E-state index in [-0.39, 0.29) is 0 Å². The molecule has 0 saturated carbocycles. The molecular weight excluding hydrogens is 267 g/mol. The first-order valence-electron chi connectivity index (χ1n) is 5.38. The van der Waals surface area contributed by atoms with Crippen LogP contribution < -0.4 is 0 Å². The molecule has 0 aromatic carbocycles. The lowest BCUT2D eigenvalue weighted by molar-refractivity contribution is -0.0247. The van der Waals surface area contributed by atoms with Crippen molar-refractivity contribution >= 4 is 17.3 Å². The van der Waals surface area contributed by atoms with Crippen molar-refractivity contribution in [2.45, 2.75) is 27.7 Å². The highest BCUT2D eigenvalue weighted by atomic mass is 31.1. The molecule has 0 unspecified atom stereocenters. The summed E-state index contributed by atoms with van der Waals surface area (Å²) in [6.45, 7) is 9.80. The van der Waals surface area contributed by atoms with Crippen LogP contribution in [-0.4, -0.2) is 45.3 Å². The molecule has 7 nitrogen and oxygen atoms in total. The zero-order valence-corrected chi connectivity index (χ0v) is 12.6. The molecule has 2 N–H and O–H groups in total. The van der Waals surface area contributed by atoms with Gasteiger partial charge in [0.25, 0.3) is 0 Å². The van der Waals surface area contributed by atoms with Gasteiger partial charge in [-0.05, 0) is 27.7 Å². The highest BCUT2D eigenvalue weighted by Gasteiger charge is 2.44. The van der Waals surface area contributed by atoms with Crippen LogP contribution in [0.25, 0.3) is 0 Å². The highest BCUT2D eigenvalue weighted by Crippen LogP contribution is 2.11. The van der Waals surface area contributed by atoms with E-state index in [0.29, 0.717) is 26.4 Å². The Morgan fingerprint density at radius 1 is 0.824 bits per heavy atom. The normalized spacial score (nSPS) is 10.7. The molecule has 0 radical (unpaired) electrons. The van der Waals surface area contributed by atoms with Gasteiger partial charge in [0.1, 0.15) is 0 Å². The van der Waals surface area contributed by atoms with Crippen LogP contribution in [0.15, 0.2) is 0 Å². The largest absolute Gasteiger partial charge is 0.692 e. The summed E-state index contributed by atoms with van der Waals surface area (Å²) in [7, 11) is -5.67. The standard InChI is InChI=1S/C8H20O4Si.HO3P/c1-5-9-13(10-6-2,11-7-3)12-8-4;1-4(2)3/h5-8H2,1-4H3;(H-,1,2,3)/p+1. The minimum absolute atomic E-state index is 0.548. The van der Waals surface area contributed by atoms with Gasteiger partial charge in [0, 0.05) is 31.0 Å². The molecule has 0 atom stereocenters. The molecule has 104 valence electrons. The van der Waals surface area contributed by atoms with E-state index < -0.39 is 17.3 Å². The van der Waals surface area contributed by atoms with Crippen molar-refractivity contribution in [1.29, 1.82) is 0 Å². The lowest BCUT2D eigenvalue weighted by Gasteiger charge is -2.26. The second-order valence-corrected chi connectivity index (χ2v) is 5.14. The van der Waals surface area contributed by atoms with Crippen LogP contribution in [0, 0.1) is 0 Å². The van der Waals surface area contributed by atoms with Gasteiger partial charge in [-0.25, -0.2) is 0 Å². The topological polar surface area (TPSA) is 94.5 Å². The van der Waals surface area contributed by atoms with Crippen molar-refractivity contribution in [3.63, 3.8) is 0 Å². The summed E-state index contributed by atoms with van der Waals surface area (Å²) in [5.41, 5.74) is 0. The van der Waals surface area contributed by atoms with Gasteiger partial charge < -0.3 is 17.7 Å². The van der Waals surface area contributed by atoms with Gasteiger partial charge >= 0.3 is 17.3 Å². The number of hydrogen-bond donors (Lipinski definition) is 2. The molecule has 0 heterocycles. The van der Waals surface area contributed by atoms with Gasteiger partial charge in [0.05, 0.1) is 0 Å². The van der Waals surface area contributed by atoms with Crippen LogP contribution in [0.2, 0.25) is 0 Å². The van der Waals surface area contributed by atoms with Crippen LogP contribution in [0.5, 0.6) is 0 Å². The van der Waals surface area contributed by atoms with E-state index in [2.05, 4.69) is 0 Å². The molecule has 0 aliphatic carbocycles. The average Bonchev–Trinajstić information content (AvgIpc) is 2.18. The first kappa shape index (κ1) is 19.4. The minimum atomic E-state index is -2.87. The first-order chi connectivity index (χ1) is 7.97. The van der Waals surface area contributed by atoms with Crippen molar-refractivity contribution in [3.8, 4) is 0 Å². The Labute approximate surface area is 104 Å². The molecule has 0 aliphatic rings. The maximum atomic E-state index is 8.70. The molecule has 0 aromatic heterocycles. The van der Waals surface area contributed by atoms with Gasteiger partial charge in [0.15, 0.2) is 0 Å². The zero-order chi connectivity index (χ0) is 13.7. The van der Waals surface area contributed by atoms with E-state index in [0.717, 1.165) is 0 Å². The molecule has 0 bridgehead atoms. The molecule has 0 rings (SSSR count). The summed E-state index contributed by atoms with van der Waals surface area (Å²) in [4.78, 5) is 14.2. The Hall–Kier alpha value is 0.0769. The summed E-state index contributed by atoms with van der Waals surface area (Å²) in [5, 5.41) is 0. The van der Waals surface area contributed by atoms with E-state index in [1.54, 1.807) is 0 Å². The van der Waals surface area contributed by atoms with Crippen LogP contribution in [-0.2, 0) is 22.3 Å². The zero-order valence-electron chi connectivity index (χ0n) is 10.7. The Balaban J connectivity index is 0. The van der Waals surface area contributed by atoms with Crippen molar-refractivity contribution in [2.75, 3.05) is 26.4 Å². The van der Waals surface area contributed by atoms with E-state index >= 15 is 0 Å². The first-order valence-corrected chi connectivity index (χ1v) is 8.18. The predicted molar refractivity (Wildman–Crippen MR) is 64.3 cm³/mol. The fraction of sp³-hybridized carbons (Fsp3) is 1.00. The maximum absolute atomic E-state index is 8.70.